The number of benzene rings is 2. The molecule has 168 valence electrons. The van der Waals surface area contributed by atoms with Crippen LogP contribution in [0.5, 0.6) is 0 Å². The van der Waals surface area contributed by atoms with E-state index in [1.807, 2.05) is 0 Å². The summed E-state index contributed by atoms with van der Waals surface area (Å²) in [5.74, 6) is -0.809. The van der Waals surface area contributed by atoms with Crippen LogP contribution in [-0.2, 0) is 10.3 Å². The minimum Gasteiger partial charge on any atom is -0.369 e. The van der Waals surface area contributed by atoms with Gasteiger partial charge in [0.15, 0.2) is 11.5 Å². The summed E-state index contributed by atoms with van der Waals surface area (Å²) < 4.78 is 65.9. The highest BCUT2D eigenvalue weighted by molar-refractivity contribution is 8.45. The van der Waals surface area contributed by atoms with Crippen LogP contribution in [0.4, 0.5) is 19.4 Å². The monoisotopic (exact) mass is 469 g/mol. The predicted molar refractivity (Wildman–Crippen MR) is 110 cm³/mol. The third-order valence-electron chi connectivity index (χ3n) is 5.13. The lowest BCUT2D eigenvalue weighted by Crippen LogP contribution is -2.41. The zero-order valence-electron chi connectivity index (χ0n) is 16.4. The molecule has 0 spiro atoms. The quantitative estimate of drug-likeness (QED) is 0.555. The van der Waals surface area contributed by atoms with Crippen molar-refractivity contribution in [1.82, 2.24) is 14.9 Å². The van der Waals surface area contributed by atoms with Gasteiger partial charge in [0, 0.05) is 25.0 Å². The summed E-state index contributed by atoms with van der Waals surface area (Å²) in [7, 11) is -8.52. The number of amides is 1. The number of likely N-dealkylation sites (N-methyl/N-ethyl adjacent to an activating group) is 1. The van der Waals surface area contributed by atoms with Gasteiger partial charge in [-0.25, -0.2) is 15.0 Å². The van der Waals surface area contributed by atoms with Crippen molar-refractivity contribution < 1.29 is 24.2 Å². The van der Waals surface area contributed by atoms with E-state index in [0.717, 1.165) is 17.0 Å². The molecule has 32 heavy (non-hydrogen) atoms. The number of aromatic nitrogens is 2. The van der Waals surface area contributed by atoms with Gasteiger partial charge in [-0.05, 0) is 34.9 Å². The fourth-order valence-electron chi connectivity index (χ4n) is 3.51. The number of carbonyl (C=O) groups excluding carboxylic acids is 1. The minimum absolute atomic E-state index is 0.0399. The van der Waals surface area contributed by atoms with Crippen LogP contribution in [0.2, 0.25) is 0 Å². The van der Waals surface area contributed by atoms with Crippen molar-refractivity contribution in [2.24, 2.45) is 10.7 Å². The van der Waals surface area contributed by atoms with E-state index >= 15 is 0 Å². The van der Waals surface area contributed by atoms with Gasteiger partial charge >= 0.3 is 10.2 Å². The third-order valence-corrected chi connectivity index (χ3v) is 6.29. The minimum atomic E-state index is -9.88. The number of guanidine groups is 1. The number of nitrogens with zero attached hydrogens (tertiary/aromatic N) is 4. The molecule has 1 unspecified atom stereocenters. The van der Waals surface area contributed by atoms with Crippen LogP contribution in [0.25, 0.3) is 11.1 Å². The Bertz CT molecular complexity index is 1250. The fourth-order valence-corrected chi connectivity index (χ4v) is 4.16. The van der Waals surface area contributed by atoms with Gasteiger partial charge in [-0.1, -0.05) is 49.8 Å². The second-order valence-electron chi connectivity index (χ2n) is 7.25. The Morgan fingerprint density at radius 1 is 0.906 bits per heavy atom. The first-order valence-electron chi connectivity index (χ1n) is 9.06. The molecule has 0 saturated carbocycles. The molecule has 1 aromatic heterocycles. The van der Waals surface area contributed by atoms with E-state index in [9.17, 15) is 24.2 Å². The molecule has 0 bridgehead atoms. The van der Waals surface area contributed by atoms with Crippen molar-refractivity contribution in [2.75, 3.05) is 7.05 Å². The lowest BCUT2D eigenvalue weighted by molar-refractivity contribution is -0.129. The standard InChI is InChI=1S/C20H16F5N5OS/c1-30-18(31)20(29-19(30)26,15-5-7-17(8-6-15)32(21,22,23,24)25)16-4-2-3-13(9-16)14-10-27-12-28-11-14/h2-12H,1H3,(H2,26,29). The van der Waals surface area contributed by atoms with Crippen LogP contribution in [0, 0.1) is 0 Å². The smallest absolute Gasteiger partial charge is 0.310 e. The van der Waals surface area contributed by atoms with Gasteiger partial charge < -0.3 is 5.73 Å². The van der Waals surface area contributed by atoms with Gasteiger partial charge in [-0.3, -0.25) is 9.69 Å². The number of hydrogen-bond donors (Lipinski definition) is 1. The molecule has 2 N–H and O–H groups in total. The Hall–Kier alpha value is -3.54. The summed E-state index contributed by atoms with van der Waals surface area (Å²) in [5, 5.41) is 0. The van der Waals surface area contributed by atoms with E-state index in [1.165, 1.54) is 13.4 Å². The number of nitrogens with two attached hydrogens (primary N) is 1. The molecule has 2 aromatic carbocycles. The average molecular weight is 469 g/mol. The zero-order valence-corrected chi connectivity index (χ0v) is 17.2. The van der Waals surface area contributed by atoms with E-state index in [2.05, 4.69) is 15.0 Å². The summed E-state index contributed by atoms with van der Waals surface area (Å²) in [6.07, 6.45) is 4.43. The lowest BCUT2D eigenvalue weighted by Gasteiger charge is -2.40. The molecule has 1 aliphatic heterocycles. The van der Waals surface area contributed by atoms with E-state index < -0.39 is 26.6 Å². The number of aliphatic imine (C=N–C) groups is 1. The maximum absolute atomic E-state index is 13.2. The molecular formula is C20H16F5N5OS. The molecular weight excluding hydrogens is 453 g/mol. The van der Waals surface area contributed by atoms with Crippen LogP contribution in [0.1, 0.15) is 11.1 Å². The predicted octanol–water partition coefficient (Wildman–Crippen LogP) is 4.83. The number of hydrogen-bond acceptors (Lipinski definition) is 5. The molecule has 3 aromatic rings. The highest BCUT2D eigenvalue weighted by atomic mass is 32.5. The normalized spacial score (nSPS) is 21.1. The van der Waals surface area contributed by atoms with Crippen molar-refractivity contribution in [2.45, 2.75) is 10.4 Å². The number of halogens is 5. The average Bonchev–Trinajstić information content (AvgIpc) is 2.98. The summed E-state index contributed by atoms with van der Waals surface area (Å²) in [6.45, 7) is 0. The zero-order chi connectivity index (χ0) is 23.4. The Balaban J connectivity index is 1.92. The van der Waals surface area contributed by atoms with E-state index in [-0.39, 0.29) is 29.2 Å². The molecule has 6 nitrogen and oxygen atoms in total. The summed E-state index contributed by atoms with van der Waals surface area (Å²) in [6, 6.07) is 8.65. The Morgan fingerprint density at radius 3 is 2.06 bits per heavy atom. The molecule has 1 amide bonds. The maximum Gasteiger partial charge on any atom is 0.310 e. The first-order valence-corrected chi connectivity index (χ1v) is 11.0. The summed E-state index contributed by atoms with van der Waals surface area (Å²) in [5.41, 5.74) is 5.49. The van der Waals surface area contributed by atoms with Crippen LogP contribution in [0.15, 0.2) is 77.1 Å². The maximum atomic E-state index is 13.2. The second-order valence-corrected chi connectivity index (χ2v) is 9.66. The van der Waals surface area contributed by atoms with Crippen LogP contribution in [-0.4, -0.2) is 33.8 Å². The van der Waals surface area contributed by atoms with Gasteiger partial charge in [0.1, 0.15) is 11.2 Å². The Kier molecular flexibility index (Phi) is 4.24. The Labute approximate surface area is 179 Å². The van der Waals surface area contributed by atoms with Gasteiger partial charge in [0.25, 0.3) is 5.91 Å². The topological polar surface area (TPSA) is 84.5 Å². The van der Waals surface area contributed by atoms with Crippen LogP contribution < -0.4 is 5.73 Å². The molecule has 4 rings (SSSR count). The van der Waals surface area contributed by atoms with Crippen LogP contribution >= 0.6 is 10.2 Å². The summed E-state index contributed by atoms with van der Waals surface area (Å²) >= 11 is 0. The molecule has 0 saturated heterocycles. The van der Waals surface area contributed by atoms with Crippen molar-refractivity contribution in [3.05, 3.63) is 78.4 Å². The summed E-state index contributed by atoms with van der Waals surface area (Å²) in [4.78, 5) is 24.4. The third kappa shape index (κ3) is 3.55. The molecule has 1 aliphatic rings. The highest BCUT2D eigenvalue weighted by Crippen LogP contribution is 3.02. The SMILES string of the molecule is CN1C(=O)C(c2ccc(S(F)(F)(F)(F)F)cc2)(c2cccc(-c3cncnc3)c2)N=C1N. The first-order chi connectivity index (χ1) is 14.7. The van der Waals surface area contributed by atoms with E-state index in [0.29, 0.717) is 11.1 Å². The first kappa shape index (κ1) is 21.7. The van der Waals surface area contributed by atoms with Gasteiger partial charge in [-0.15, -0.1) is 0 Å². The molecule has 2 heterocycles. The van der Waals surface area contributed by atoms with Gasteiger partial charge in [-0.2, -0.15) is 0 Å². The van der Waals surface area contributed by atoms with E-state index in [4.69, 9.17) is 5.73 Å². The van der Waals surface area contributed by atoms with Crippen molar-refractivity contribution in [1.29, 1.82) is 0 Å². The molecule has 1 atom stereocenters. The molecule has 12 heteroatoms. The second kappa shape index (κ2) is 6.25. The molecule has 0 radical (unpaired) electrons. The van der Waals surface area contributed by atoms with Crippen LogP contribution in [0.3, 0.4) is 0 Å². The van der Waals surface area contributed by atoms with Gasteiger partial charge in [0.2, 0.25) is 0 Å². The van der Waals surface area contributed by atoms with Crippen molar-refractivity contribution in [3.8, 4) is 11.1 Å². The number of carbonyl (C=O) groups is 1. The van der Waals surface area contributed by atoms with Crippen molar-refractivity contribution >= 4 is 22.1 Å². The largest absolute Gasteiger partial charge is 0.369 e. The highest BCUT2D eigenvalue weighted by Gasteiger charge is 2.65. The Morgan fingerprint density at radius 2 is 1.53 bits per heavy atom. The molecule has 0 fully saturated rings. The fraction of sp³-hybridized carbons (Fsp3) is 0.100. The number of rotatable bonds is 4. The molecule has 0 aliphatic carbocycles. The van der Waals surface area contributed by atoms with Gasteiger partial charge in [0.05, 0.1) is 0 Å². The lowest BCUT2D eigenvalue weighted by atomic mass is 9.82. The van der Waals surface area contributed by atoms with E-state index in [1.54, 1.807) is 36.7 Å². The van der Waals surface area contributed by atoms with Crippen molar-refractivity contribution in [3.63, 3.8) is 0 Å².